The number of aromatic hydroxyl groups is 1. The predicted octanol–water partition coefficient (Wildman–Crippen LogP) is 6.71. The number of nitrogens with zero attached hydrogens (tertiary/aromatic N) is 4. The van der Waals surface area contributed by atoms with Crippen molar-refractivity contribution in [1.29, 1.82) is 0 Å². The standard InChI is InChI=1S/C33H34Cl2FN5O2/c34-26-16-25-29(28(36)27(26)24-15-22(42)14-19-5-1-2-6-23(19)24)38-32(43-18-33-8-3-11-40(33)12-4-9-33)39-31(25)41-21-13-20(30(41)35)7-10-37-17-21/h1-2,5-6,14-16,20-21,30,37,42H,3-4,7-13,17-18H2. The van der Waals surface area contributed by atoms with E-state index in [9.17, 15) is 5.11 Å². The number of phenols is 1. The van der Waals surface area contributed by atoms with Crippen LogP contribution < -0.4 is 15.0 Å². The molecule has 4 fully saturated rings. The molecule has 5 heterocycles. The Balaban J connectivity index is 1.30. The highest BCUT2D eigenvalue weighted by Crippen LogP contribution is 2.46. The third-order valence-electron chi connectivity index (χ3n) is 10.2. The topological polar surface area (TPSA) is 73.8 Å². The normalized spacial score (nSPS) is 25.0. The van der Waals surface area contributed by atoms with E-state index in [1.54, 1.807) is 18.2 Å². The summed E-state index contributed by atoms with van der Waals surface area (Å²) in [5.74, 6) is 0.304. The van der Waals surface area contributed by atoms with Crippen molar-refractivity contribution in [2.24, 2.45) is 5.92 Å². The van der Waals surface area contributed by atoms with Gasteiger partial charge in [0, 0.05) is 23.5 Å². The third-order valence-corrected chi connectivity index (χ3v) is 11.0. The lowest BCUT2D eigenvalue weighted by atomic mass is 9.95. The number of anilines is 1. The van der Waals surface area contributed by atoms with E-state index < -0.39 is 5.82 Å². The van der Waals surface area contributed by atoms with Crippen molar-refractivity contribution in [3.8, 4) is 22.9 Å². The van der Waals surface area contributed by atoms with Crippen molar-refractivity contribution in [3.63, 3.8) is 0 Å². The molecule has 4 aromatic rings. The van der Waals surface area contributed by atoms with Crippen LogP contribution in [0.3, 0.4) is 0 Å². The van der Waals surface area contributed by atoms with Gasteiger partial charge in [0.05, 0.1) is 10.6 Å². The molecule has 2 bridgehead atoms. The van der Waals surface area contributed by atoms with Gasteiger partial charge in [-0.3, -0.25) is 4.90 Å². The largest absolute Gasteiger partial charge is 0.508 e. The van der Waals surface area contributed by atoms with Crippen LogP contribution in [0.5, 0.6) is 11.8 Å². The molecular formula is C33H34Cl2FN5O2. The molecule has 2 N–H and O–H groups in total. The minimum Gasteiger partial charge on any atom is -0.508 e. The molecule has 0 aliphatic carbocycles. The maximum Gasteiger partial charge on any atom is 0.319 e. The number of rotatable bonds is 5. The molecule has 43 heavy (non-hydrogen) atoms. The quantitative estimate of drug-likeness (QED) is 0.189. The van der Waals surface area contributed by atoms with Crippen LogP contribution in [0.25, 0.3) is 32.8 Å². The van der Waals surface area contributed by atoms with Gasteiger partial charge in [0.25, 0.3) is 0 Å². The zero-order valence-corrected chi connectivity index (χ0v) is 25.3. The first-order valence-electron chi connectivity index (χ1n) is 15.3. The van der Waals surface area contributed by atoms with Gasteiger partial charge in [-0.25, -0.2) is 4.39 Å². The molecule has 0 saturated carbocycles. The molecule has 0 spiro atoms. The molecule has 8 rings (SSSR count). The van der Waals surface area contributed by atoms with Gasteiger partial charge in [-0.15, -0.1) is 0 Å². The fraction of sp³-hybridized carbons (Fsp3) is 0.455. The average molecular weight is 623 g/mol. The first-order chi connectivity index (χ1) is 20.9. The van der Waals surface area contributed by atoms with Gasteiger partial charge in [0.15, 0.2) is 5.82 Å². The van der Waals surface area contributed by atoms with Gasteiger partial charge < -0.3 is 20.1 Å². The van der Waals surface area contributed by atoms with E-state index in [4.69, 9.17) is 37.9 Å². The Morgan fingerprint density at radius 3 is 2.74 bits per heavy atom. The van der Waals surface area contributed by atoms with Gasteiger partial charge >= 0.3 is 6.01 Å². The molecule has 10 heteroatoms. The second-order valence-corrected chi connectivity index (χ2v) is 13.5. The molecule has 0 amide bonds. The van der Waals surface area contributed by atoms with E-state index in [2.05, 4.69) is 15.1 Å². The van der Waals surface area contributed by atoms with Crippen LogP contribution in [0.15, 0.2) is 42.5 Å². The van der Waals surface area contributed by atoms with Gasteiger partial charge in [0.2, 0.25) is 0 Å². The van der Waals surface area contributed by atoms with Gasteiger partial charge in [-0.1, -0.05) is 47.5 Å². The number of aromatic nitrogens is 2. The van der Waals surface area contributed by atoms with Gasteiger partial charge in [-0.2, -0.15) is 9.97 Å². The molecule has 0 radical (unpaired) electrons. The Labute approximate surface area is 259 Å². The number of phenolic OH excluding ortho intramolecular Hbond substituents is 1. The second-order valence-electron chi connectivity index (χ2n) is 12.6. The second kappa shape index (κ2) is 10.6. The highest BCUT2D eigenvalue weighted by molar-refractivity contribution is 6.35. The number of alkyl halides is 1. The van der Waals surface area contributed by atoms with Crippen LogP contribution in [0, 0.1) is 11.7 Å². The molecule has 4 aliphatic heterocycles. The highest BCUT2D eigenvalue weighted by atomic mass is 35.5. The Hall–Kier alpha value is -2.91. The van der Waals surface area contributed by atoms with Crippen molar-refractivity contribution in [2.45, 2.75) is 55.6 Å². The zero-order chi connectivity index (χ0) is 29.3. The number of hydrogen-bond acceptors (Lipinski definition) is 7. The maximum atomic E-state index is 16.9. The molecule has 224 valence electrons. The predicted molar refractivity (Wildman–Crippen MR) is 169 cm³/mol. The van der Waals surface area contributed by atoms with Crippen molar-refractivity contribution < 1.29 is 14.2 Å². The van der Waals surface area contributed by atoms with Crippen LogP contribution in [-0.2, 0) is 0 Å². The molecule has 3 unspecified atom stereocenters. The maximum absolute atomic E-state index is 16.9. The number of benzene rings is 3. The molecule has 1 aromatic heterocycles. The summed E-state index contributed by atoms with van der Waals surface area (Å²) in [6.45, 7) is 4.33. The summed E-state index contributed by atoms with van der Waals surface area (Å²) < 4.78 is 23.3. The first kappa shape index (κ1) is 27.6. The van der Waals surface area contributed by atoms with Crippen molar-refractivity contribution in [3.05, 3.63) is 53.3 Å². The minimum absolute atomic E-state index is 0.0102. The lowest BCUT2D eigenvalue weighted by Crippen LogP contribution is -2.44. The molecule has 7 nitrogen and oxygen atoms in total. The summed E-state index contributed by atoms with van der Waals surface area (Å²) >= 11 is 14.0. The van der Waals surface area contributed by atoms with E-state index in [0.717, 1.165) is 75.5 Å². The highest BCUT2D eigenvalue weighted by Gasteiger charge is 2.46. The SMILES string of the molecule is Oc1cc(-c2c(Cl)cc3c(N4C5CNCCC(C5)C4Cl)nc(OCC45CCCN4CCC5)nc3c2F)c2ccccc2c1. The van der Waals surface area contributed by atoms with E-state index in [1.165, 1.54) is 0 Å². The van der Waals surface area contributed by atoms with Gasteiger partial charge in [0.1, 0.15) is 29.2 Å². The smallest absolute Gasteiger partial charge is 0.319 e. The van der Waals surface area contributed by atoms with Crippen molar-refractivity contribution >= 4 is 50.7 Å². The summed E-state index contributed by atoms with van der Waals surface area (Å²) in [5, 5.41) is 16.4. The number of hydrogen-bond donors (Lipinski definition) is 2. The summed E-state index contributed by atoms with van der Waals surface area (Å²) in [6.07, 6.45) is 6.37. The van der Waals surface area contributed by atoms with Crippen LogP contribution in [0.4, 0.5) is 10.2 Å². The summed E-state index contributed by atoms with van der Waals surface area (Å²) in [5.41, 5.74) is 0.531. The lowest BCUT2D eigenvalue weighted by molar-refractivity contribution is 0.108. The fourth-order valence-electron chi connectivity index (χ4n) is 8.12. The fourth-order valence-corrected chi connectivity index (χ4v) is 8.89. The molecule has 4 aliphatic rings. The monoisotopic (exact) mass is 621 g/mol. The summed E-state index contributed by atoms with van der Waals surface area (Å²) in [6, 6.07) is 12.8. The first-order valence-corrected chi connectivity index (χ1v) is 16.2. The Morgan fingerprint density at radius 2 is 1.91 bits per heavy atom. The molecule has 3 atom stereocenters. The number of ether oxygens (including phenoxy) is 1. The summed E-state index contributed by atoms with van der Waals surface area (Å²) in [4.78, 5) is 14.3. The molecule has 3 aromatic carbocycles. The van der Waals surface area contributed by atoms with Gasteiger partial charge in [-0.05, 0) is 98.6 Å². The van der Waals surface area contributed by atoms with Crippen molar-refractivity contribution in [1.82, 2.24) is 20.2 Å². The van der Waals surface area contributed by atoms with Crippen molar-refractivity contribution in [2.75, 3.05) is 37.7 Å². The third kappa shape index (κ3) is 4.52. The van der Waals surface area contributed by atoms with E-state index in [1.807, 2.05) is 24.3 Å². The number of halogens is 3. The molecule has 4 saturated heterocycles. The molecular weight excluding hydrogens is 588 g/mol. The van der Waals surface area contributed by atoms with E-state index in [0.29, 0.717) is 29.3 Å². The van der Waals surface area contributed by atoms with E-state index >= 15 is 4.39 Å². The van der Waals surface area contributed by atoms with Crippen LogP contribution in [0.2, 0.25) is 5.02 Å². The van der Waals surface area contributed by atoms with Crippen LogP contribution in [0.1, 0.15) is 38.5 Å². The van der Waals surface area contributed by atoms with Crippen LogP contribution >= 0.6 is 23.2 Å². The number of fused-ring (bicyclic) bond motifs is 5. The Kier molecular flexibility index (Phi) is 6.82. The zero-order valence-electron chi connectivity index (χ0n) is 23.8. The Morgan fingerprint density at radius 1 is 1.09 bits per heavy atom. The lowest BCUT2D eigenvalue weighted by Gasteiger charge is -2.33. The number of nitrogens with one attached hydrogen (secondary N) is 1. The minimum atomic E-state index is -0.572. The van der Waals surface area contributed by atoms with E-state index in [-0.39, 0.29) is 44.9 Å². The summed E-state index contributed by atoms with van der Waals surface area (Å²) in [7, 11) is 0. The van der Waals surface area contributed by atoms with Crippen LogP contribution in [-0.4, -0.2) is 69.8 Å². The average Bonchev–Trinajstić information content (AvgIpc) is 3.59. The Bertz CT molecular complexity index is 1730.